The smallest absolute Gasteiger partial charge is 0.161 e. The van der Waals surface area contributed by atoms with Crippen LogP contribution in [-0.2, 0) is 9.84 Å². The van der Waals surface area contributed by atoms with Gasteiger partial charge in [-0.3, -0.25) is 0 Å². The van der Waals surface area contributed by atoms with E-state index in [-0.39, 0.29) is 10.5 Å². The van der Waals surface area contributed by atoms with Crippen LogP contribution in [0.5, 0.6) is 11.5 Å². The average Bonchev–Trinajstić information content (AvgIpc) is 2.68. The number of fused-ring (bicyclic) bond motifs is 2. The van der Waals surface area contributed by atoms with Crippen LogP contribution in [0.2, 0.25) is 0 Å². The number of ether oxygens (including phenoxy) is 2. The van der Waals surface area contributed by atoms with Crippen LogP contribution in [-0.4, -0.2) is 32.1 Å². The van der Waals surface area contributed by atoms with Crippen LogP contribution in [0.1, 0.15) is 32.6 Å². The summed E-state index contributed by atoms with van der Waals surface area (Å²) < 4.78 is 35.4. The van der Waals surface area contributed by atoms with E-state index in [4.69, 9.17) is 9.47 Å². The predicted molar refractivity (Wildman–Crippen MR) is 86.2 cm³/mol. The van der Waals surface area contributed by atoms with Gasteiger partial charge in [-0.15, -0.1) is 0 Å². The minimum Gasteiger partial charge on any atom is -0.490 e. The molecule has 0 saturated carbocycles. The quantitative estimate of drug-likeness (QED) is 0.755. The van der Waals surface area contributed by atoms with Gasteiger partial charge in [-0.05, 0) is 38.3 Å². The number of hydrogen-bond donors (Lipinski definition) is 0. The lowest BCUT2D eigenvalue weighted by atomic mass is 10.1. The maximum absolute atomic E-state index is 12.0. The van der Waals surface area contributed by atoms with Crippen LogP contribution in [0.25, 0.3) is 0 Å². The summed E-state index contributed by atoms with van der Waals surface area (Å²) in [7, 11) is -2.89. The highest BCUT2D eigenvalue weighted by Gasteiger charge is 2.42. The Morgan fingerprint density at radius 2 is 1.86 bits per heavy atom. The molecule has 1 aromatic carbocycles. The van der Waals surface area contributed by atoms with E-state index in [1.54, 1.807) is 0 Å². The topological polar surface area (TPSA) is 52.6 Å². The third-order valence-corrected chi connectivity index (χ3v) is 6.95. The van der Waals surface area contributed by atoms with Gasteiger partial charge in [-0.2, -0.15) is 0 Å². The maximum atomic E-state index is 12.0. The molecule has 2 atom stereocenters. The Morgan fingerprint density at radius 1 is 1.14 bits per heavy atom. The summed E-state index contributed by atoms with van der Waals surface area (Å²) >= 11 is 0. The van der Waals surface area contributed by atoms with Gasteiger partial charge in [0, 0.05) is 6.42 Å². The van der Waals surface area contributed by atoms with Crippen LogP contribution in [0.4, 0.5) is 0 Å². The third-order valence-electron chi connectivity index (χ3n) is 4.40. The highest BCUT2D eigenvalue weighted by atomic mass is 32.2. The summed E-state index contributed by atoms with van der Waals surface area (Å²) in [6.45, 7) is 3.10. The molecule has 0 N–H and O–H groups in total. The zero-order valence-electron chi connectivity index (χ0n) is 12.8. The Bertz CT molecular complexity index is 663. The van der Waals surface area contributed by atoms with Crippen LogP contribution in [0.15, 0.2) is 35.9 Å². The molecule has 3 rings (SSSR count). The fourth-order valence-corrected chi connectivity index (χ4v) is 5.52. The molecule has 0 radical (unpaired) electrons. The van der Waals surface area contributed by atoms with Crippen LogP contribution < -0.4 is 9.47 Å². The van der Waals surface area contributed by atoms with Crippen molar-refractivity contribution in [2.24, 2.45) is 0 Å². The molecule has 4 nitrogen and oxygen atoms in total. The van der Waals surface area contributed by atoms with E-state index in [9.17, 15) is 8.42 Å². The highest BCUT2D eigenvalue weighted by Crippen LogP contribution is 2.38. The van der Waals surface area contributed by atoms with Gasteiger partial charge in [0.1, 0.15) is 0 Å². The van der Waals surface area contributed by atoms with Crippen LogP contribution >= 0.6 is 0 Å². The van der Waals surface area contributed by atoms with Gasteiger partial charge in [0.05, 0.1) is 23.7 Å². The van der Waals surface area contributed by atoms with E-state index in [1.807, 2.05) is 37.3 Å². The molecule has 1 aromatic rings. The number of hydrogen-bond acceptors (Lipinski definition) is 4. The molecule has 2 heterocycles. The molecule has 2 unspecified atom stereocenters. The number of rotatable bonds is 6. The SMILES string of the molecule is CCOc1ccccc1OCCC1=CC2CCC(C1)S2(=O)=O. The fraction of sp³-hybridized carbons (Fsp3) is 0.529. The van der Waals surface area contributed by atoms with Gasteiger partial charge in [-0.25, -0.2) is 8.42 Å². The van der Waals surface area contributed by atoms with Crippen molar-refractivity contribution in [3.8, 4) is 11.5 Å². The molecule has 0 aromatic heterocycles. The molecular weight excluding hydrogens is 300 g/mol. The standard InChI is InChI=1S/C17H22O4S/c1-2-20-16-5-3-4-6-17(16)21-10-9-13-11-14-7-8-15(12-13)22(14,18)19/h3-6,11,14-15H,2,7-10,12H2,1H3. The molecule has 0 amide bonds. The average molecular weight is 322 g/mol. The van der Waals surface area contributed by atoms with Crippen molar-refractivity contribution in [3.63, 3.8) is 0 Å². The molecule has 120 valence electrons. The predicted octanol–water partition coefficient (Wildman–Crippen LogP) is 3.13. The molecule has 22 heavy (non-hydrogen) atoms. The first-order chi connectivity index (χ1) is 10.6. The second-order valence-electron chi connectivity index (χ2n) is 5.83. The van der Waals surface area contributed by atoms with E-state index in [0.29, 0.717) is 19.6 Å². The normalized spacial score (nSPS) is 25.6. The Morgan fingerprint density at radius 3 is 2.55 bits per heavy atom. The van der Waals surface area contributed by atoms with Crippen LogP contribution in [0.3, 0.4) is 0 Å². The van der Waals surface area contributed by atoms with Gasteiger partial charge < -0.3 is 9.47 Å². The summed E-state index contributed by atoms with van der Waals surface area (Å²) in [6.07, 6.45) is 5.00. The molecule has 1 fully saturated rings. The third kappa shape index (κ3) is 3.00. The number of sulfone groups is 1. The molecule has 2 aliphatic rings. The zero-order chi connectivity index (χ0) is 15.6. The van der Waals surface area contributed by atoms with Crippen LogP contribution in [0, 0.1) is 0 Å². The molecule has 2 aliphatic heterocycles. The van der Waals surface area contributed by atoms with Gasteiger partial charge >= 0.3 is 0 Å². The van der Waals surface area contributed by atoms with E-state index < -0.39 is 9.84 Å². The van der Waals surface area contributed by atoms with Gasteiger partial charge in [0.2, 0.25) is 0 Å². The lowest BCUT2D eigenvalue weighted by molar-refractivity contribution is 0.278. The minimum atomic E-state index is -2.89. The van der Waals surface area contributed by atoms with Crippen molar-refractivity contribution in [3.05, 3.63) is 35.9 Å². The monoisotopic (exact) mass is 322 g/mol. The van der Waals surface area contributed by atoms with Gasteiger partial charge in [0.15, 0.2) is 21.3 Å². The first kappa shape index (κ1) is 15.4. The second kappa shape index (κ2) is 6.32. The van der Waals surface area contributed by atoms with Crippen molar-refractivity contribution in [1.82, 2.24) is 0 Å². The highest BCUT2D eigenvalue weighted by molar-refractivity contribution is 7.93. The number of para-hydroxylation sites is 2. The first-order valence-electron chi connectivity index (χ1n) is 7.88. The molecule has 2 bridgehead atoms. The molecular formula is C17H22O4S. The van der Waals surface area contributed by atoms with Crippen molar-refractivity contribution in [2.75, 3.05) is 13.2 Å². The second-order valence-corrected chi connectivity index (χ2v) is 8.28. The summed E-state index contributed by atoms with van der Waals surface area (Å²) in [5, 5.41) is -0.412. The van der Waals surface area contributed by atoms with E-state index in [0.717, 1.165) is 30.8 Å². The first-order valence-corrected chi connectivity index (χ1v) is 9.49. The largest absolute Gasteiger partial charge is 0.490 e. The molecule has 0 spiro atoms. The van der Waals surface area contributed by atoms with Gasteiger partial charge in [0.25, 0.3) is 0 Å². The Hall–Kier alpha value is -1.49. The molecule has 5 heteroatoms. The summed E-state index contributed by atoms with van der Waals surface area (Å²) in [6, 6.07) is 7.63. The molecule has 1 saturated heterocycles. The van der Waals surface area contributed by atoms with E-state index >= 15 is 0 Å². The van der Waals surface area contributed by atoms with Crippen molar-refractivity contribution in [1.29, 1.82) is 0 Å². The maximum Gasteiger partial charge on any atom is 0.161 e. The lowest BCUT2D eigenvalue weighted by Crippen LogP contribution is -2.27. The summed E-state index contributed by atoms with van der Waals surface area (Å²) in [5.41, 5.74) is 1.22. The van der Waals surface area contributed by atoms with E-state index in [1.165, 1.54) is 5.57 Å². The Balaban J connectivity index is 1.59. The molecule has 0 aliphatic carbocycles. The van der Waals surface area contributed by atoms with Gasteiger partial charge in [-0.1, -0.05) is 23.8 Å². The lowest BCUT2D eigenvalue weighted by Gasteiger charge is -2.20. The summed E-state index contributed by atoms with van der Waals surface area (Å²) in [4.78, 5) is 0. The van der Waals surface area contributed by atoms with Crippen molar-refractivity contribution >= 4 is 9.84 Å². The minimum absolute atomic E-state index is 0.159. The van der Waals surface area contributed by atoms with E-state index in [2.05, 4.69) is 0 Å². The zero-order valence-corrected chi connectivity index (χ0v) is 13.6. The van der Waals surface area contributed by atoms with Crippen molar-refractivity contribution in [2.45, 2.75) is 43.1 Å². The fourth-order valence-electron chi connectivity index (χ4n) is 3.27. The Labute approximate surface area is 132 Å². The number of benzene rings is 1. The Kier molecular flexibility index (Phi) is 4.43. The van der Waals surface area contributed by atoms with Crippen molar-refractivity contribution < 1.29 is 17.9 Å². The summed E-state index contributed by atoms with van der Waals surface area (Å²) in [5.74, 6) is 1.50.